The number of anilines is 1. The molecule has 29 heavy (non-hydrogen) atoms. The molecule has 9 heteroatoms. The molecule has 8 nitrogen and oxygen atoms in total. The van der Waals surface area contributed by atoms with Crippen LogP contribution in [0.1, 0.15) is 12.5 Å². The summed E-state index contributed by atoms with van der Waals surface area (Å²) in [5.74, 6) is 0.708. The number of nitrogens with one attached hydrogen (secondary N) is 2. The number of hydrogen-bond acceptors (Lipinski definition) is 7. The second kappa shape index (κ2) is 8.27. The molecule has 148 valence electrons. The van der Waals surface area contributed by atoms with E-state index < -0.39 is 6.04 Å². The highest BCUT2D eigenvalue weighted by molar-refractivity contribution is 7.18. The summed E-state index contributed by atoms with van der Waals surface area (Å²) in [6, 6.07) is 14.3. The summed E-state index contributed by atoms with van der Waals surface area (Å²) in [5.41, 5.74) is 1.76. The predicted octanol–water partition coefficient (Wildman–Crippen LogP) is 2.62. The van der Waals surface area contributed by atoms with Crippen LogP contribution in [0.3, 0.4) is 0 Å². The summed E-state index contributed by atoms with van der Waals surface area (Å²) < 4.78 is 10.7. The lowest BCUT2D eigenvalue weighted by Gasteiger charge is -2.16. The van der Waals surface area contributed by atoms with E-state index in [9.17, 15) is 9.59 Å². The normalized spacial score (nSPS) is 13.0. The number of benzene rings is 2. The maximum Gasteiger partial charge on any atom is 0.249 e. The molecule has 1 aliphatic heterocycles. The highest BCUT2D eigenvalue weighted by Gasteiger charge is 2.22. The van der Waals surface area contributed by atoms with Gasteiger partial charge in [-0.2, -0.15) is 0 Å². The van der Waals surface area contributed by atoms with Crippen LogP contribution in [0.5, 0.6) is 11.5 Å². The van der Waals surface area contributed by atoms with E-state index >= 15 is 0 Å². The molecule has 1 unspecified atom stereocenters. The maximum absolute atomic E-state index is 12.7. The lowest BCUT2D eigenvalue weighted by Crippen LogP contribution is -2.44. The van der Waals surface area contributed by atoms with Crippen molar-refractivity contribution in [3.8, 4) is 22.1 Å². The molecule has 1 atom stereocenters. The van der Waals surface area contributed by atoms with Gasteiger partial charge in [0.1, 0.15) is 11.0 Å². The van der Waals surface area contributed by atoms with Gasteiger partial charge in [0.25, 0.3) is 0 Å². The summed E-state index contributed by atoms with van der Waals surface area (Å²) in [5, 5.41) is 14.6. The minimum atomic E-state index is -0.715. The van der Waals surface area contributed by atoms with Crippen LogP contribution in [0.4, 0.5) is 5.13 Å². The third-order valence-electron chi connectivity index (χ3n) is 4.25. The molecule has 0 bridgehead atoms. The van der Waals surface area contributed by atoms with Crippen molar-refractivity contribution in [2.75, 3.05) is 12.1 Å². The van der Waals surface area contributed by atoms with E-state index in [1.165, 1.54) is 18.3 Å². The average molecular weight is 410 g/mol. The lowest BCUT2D eigenvalue weighted by molar-refractivity contribution is -0.125. The van der Waals surface area contributed by atoms with Crippen molar-refractivity contribution in [1.82, 2.24) is 15.5 Å². The molecular weight excluding hydrogens is 392 g/mol. The van der Waals surface area contributed by atoms with Crippen LogP contribution in [0, 0.1) is 0 Å². The summed E-state index contributed by atoms with van der Waals surface area (Å²) >= 11 is 1.24. The molecule has 1 aliphatic rings. The Balaban J connectivity index is 1.47. The zero-order chi connectivity index (χ0) is 20.2. The van der Waals surface area contributed by atoms with Gasteiger partial charge in [0.05, 0.1) is 0 Å². The molecule has 2 N–H and O–H groups in total. The summed E-state index contributed by atoms with van der Waals surface area (Å²) in [6.07, 6.45) is 0.375. The minimum absolute atomic E-state index is 0.197. The molecule has 2 heterocycles. The van der Waals surface area contributed by atoms with Gasteiger partial charge in [-0.3, -0.25) is 14.9 Å². The Labute approximate surface area is 170 Å². The van der Waals surface area contributed by atoms with Crippen molar-refractivity contribution >= 4 is 28.3 Å². The van der Waals surface area contributed by atoms with Crippen LogP contribution in [-0.4, -0.2) is 34.8 Å². The number of aromatic nitrogens is 2. The van der Waals surface area contributed by atoms with Crippen LogP contribution >= 0.6 is 11.3 Å². The largest absolute Gasteiger partial charge is 0.454 e. The monoisotopic (exact) mass is 410 g/mol. The number of nitrogens with zero attached hydrogens (tertiary/aromatic N) is 2. The smallest absolute Gasteiger partial charge is 0.249 e. The molecule has 0 fully saturated rings. The number of carbonyl (C=O) groups excluding carboxylic acids is 2. The first kappa shape index (κ1) is 18.9. The third kappa shape index (κ3) is 4.52. The van der Waals surface area contributed by atoms with Gasteiger partial charge < -0.3 is 14.8 Å². The molecular formula is C20H18N4O4S. The van der Waals surface area contributed by atoms with Crippen molar-refractivity contribution in [3.63, 3.8) is 0 Å². The van der Waals surface area contributed by atoms with Crippen LogP contribution < -0.4 is 20.1 Å². The topological polar surface area (TPSA) is 102 Å². The fourth-order valence-electron chi connectivity index (χ4n) is 2.92. The fourth-order valence-corrected chi connectivity index (χ4v) is 3.66. The van der Waals surface area contributed by atoms with E-state index in [4.69, 9.17) is 9.47 Å². The molecule has 0 aliphatic carbocycles. The third-order valence-corrected chi connectivity index (χ3v) is 5.14. The number of ether oxygens (including phenoxy) is 2. The molecule has 3 aromatic rings. The van der Waals surface area contributed by atoms with E-state index in [-0.39, 0.29) is 18.6 Å². The Bertz CT molecular complexity index is 1040. The van der Waals surface area contributed by atoms with Crippen molar-refractivity contribution in [3.05, 3.63) is 54.1 Å². The van der Waals surface area contributed by atoms with Crippen molar-refractivity contribution in [2.45, 2.75) is 19.4 Å². The SMILES string of the molecule is CC(=O)NC(Cc1ccccc1)C(=O)Nc1nnc(-c2ccc3c(c2)OCO3)s1. The standard InChI is InChI=1S/C20H18N4O4S/c1-12(25)21-15(9-13-5-3-2-4-6-13)18(26)22-20-24-23-19(29-20)14-7-8-16-17(10-14)28-11-27-16/h2-8,10,15H,9,11H2,1H3,(H,21,25)(H,22,24,26). The summed E-state index contributed by atoms with van der Waals surface area (Å²) in [6.45, 7) is 1.58. The molecule has 2 amide bonds. The Morgan fingerprint density at radius 1 is 1.10 bits per heavy atom. The number of carbonyl (C=O) groups is 2. The first-order chi connectivity index (χ1) is 14.1. The highest BCUT2D eigenvalue weighted by atomic mass is 32.1. The molecule has 2 aromatic carbocycles. The Morgan fingerprint density at radius 3 is 2.69 bits per heavy atom. The van der Waals surface area contributed by atoms with E-state index in [1.54, 1.807) is 0 Å². The fraction of sp³-hybridized carbons (Fsp3) is 0.200. The summed E-state index contributed by atoms with van der Waals surface area (Å²) in [4.78, 5) is 24.3. The van der Waals surface area contributed by atoms with E-state index in [0.717, 1.165) is 11.1 Å². The van der Waals surface area contributed by atoms with Crippen molar-refractivity contribution in [2.24, 2.45) is 0 Å². The number of hydrogen-bond donors (Lipinski definition) is 2. The molecule has 0 spiro atoms. The van der Waals surface area contributed by atoms with Gasteiger partial charge in [-0.15, -0.1) is 10.2 Å². The van der Waals surface area contributed by atoms with E-state index in [0.29, 0.717) is 28.1 Å². The van der Waals surface area contributed by atoms with Crippen LogP contribution in [0.15, 0.2) is 48.5 Å². The Morgan fingerprint density at radius 2 is 1.90 bits per heavy atom. The first-order valence-corrected chi connectivity index (χ1v) is 9.75. The van der Waals surface area contributed by atoms with Crippen molar-refractivity contribution in [1.29, 1.82) is 0 Å². The zero-order valence-corrected chi connectivity index (χ0v) is 16.4. The van der Waals surface area contributed by atoms with Gasteiger partial charge in [-0.25, -0.2) is 0 Å². The Kier molecular flexibility index (Phi) is 5.39. The number of amides is 2. The number of rotatable bonds is 6. The average Bonchev–Trinajstić information content (AvgIpc) is 3.36. The first-order valence-electron chi connectivity index (χ1n) is 8.94. The Hall–Kier alpha value is -3.46. The second-order valence-electron chi connectivity index (χ2n) is 6.41. The number of fused-ring (bicyclic) bond motifs is 1. The van der Waals surface area contributed by atoms with Gasteiger partial charge in [0.15, 0.2) is 11.5 Å². The molecule has 0 saturated heterocycles. The van der Waals surface area contributed by atoms with Crippen LogP contribution in [-0.2, 0) is 16.0 Å². The van der Waals surface area contributed by atoms with E-state index in [1.807, 2.05) is 48.5 Å². The quantitative estimate of drug-likeness (QED) is 0.648. The van der Waals surface area contributed by atoms with E-state index in [2.05, 4.69) is 20.8 Å². The van der Waals surface area contributed by atoms with Gasteiger partial charge in [0, 0.05) is 18.9 Å². The molecule has 0 radical (unpaired) electrons. The van der Waals surface area contributed by atoms with Crippen molar-refractivity contribution < 1.29 is 19.1 Å². The van der Waals surface area contributed by atoms with Gasteiger partial charge in [-0.1, -0.05) is 41.7 Å². The predicted molar refractivity (Wildman–Crippen MR) is 108 cm³/mol. The molecule has 4 rings (SSSR count). The summed E-state index contributed by atoms with van der Waals surface area (Å²) in [7, 11) is 0. The highest BCUT2D eigenvalue weighted by Crippen LogP contribution is 2.37. The van der Waals surface area contributed by atoms with Crippen LogP contribution in [0.25, 0.3) is 10.6 Å². The lowest BCUT2D eigenvalue weighted by atomic mass is 10.1. The zero-order valence-electron chi connectivity index (χ0n) is 15.5. The van der Waals surface area contributed by atoms with Gasteiger partial charge in [0.2, 0.25) is 23.7 Å². The van der Waals surface area contributed by atoms with Crippen LogP contribution in [0.2, 0.25) is 0 Å². The van der Waals surface area contributed by atoms with Gasteiger partial charge in [-0.05, 0) is 23.8 Å². The maximum atomic E-state index is 12.7. The second-order valence-corrected chi connectivity index (χ2v) is 7.39. The minimum Gasteiger partial charge on any atom is -0.454 e. The van der Waals surface area contributed by atoms with Gasteiger partial charge >= 0.3 is 0 Å². The molecule has 0 saturated carbocycles. The molecule has 1 aromatic heterocycles.